The maximum Gasteiger partial charge on any atom is 0.211 e. The quantitative estimate of drug-likeness (QED) is 0.684. The molecule has 0 spiro atoms. The van der Waals surface area contributed by atoms with Crippen LogP contribution in [0.1, 0.15) is 34.1 Å². The van der Waals surface area contributed by atoms with Gasteiger partial charge in [0.1, 0.15) is 0 Å². The SMILES string of the molecule is C=CCC1=C(OCC)NC(C(C)C)=C(OCC)N1. The Hall–Kier alpha value is -1.58. The predicted octanol–water partition coefficient (Wildman–Crippen LogP) is 2.82. The molecule has 0 aliphatic carbocycles. The zero-order chi connectivity index (χ0) is 13.5. The monoisotopic (exact) mass is 252 g/mol. The van der Waals surface area contributed by atoms with Crippen LogP contribution in [-0.2, 0) is 9.47 Å². The Balaban J connectivity index is 2.96. The van der Waals surface area contributed by atoms with Crippen LogP contribution in [0, 0.1) is 5.92 Å². The topological polar surface area (TPSA) is 42.5 Å². The van der Waals surface area contributed by atoms with Crippen molar-refractivity contribution in [3.05, 3.63) is 35.8 Å². The minimum Gasteiger partial charge on any atom is -0.478 e. The molecule has 0 saturated carbocycles. The van der Waals surface area contributed by atoms with Crippen LogP contribution < -0.4 is 10.6 Å². The molecule has 0 amide bonds. The van der Waals surface area contributed by atoms with Gasteiger partial charge in [-0.2, -0.15) is 0 Å². The molecule has 0 radical (unpaired) electrons. The molecule has 0 unspecified atom stereocenters. The first-order valence-electron chi connectivity index (χ1n) is 6.51. The van der Waals surface area contributed by atoms with E-state index in [1.54, 1.807) is 0 Å². The molecule has 0 aromatic rings. The van der Waals surface area contributed by atoms with Crippen molar-refractivity contribution in [3.63, 3.8) is 0 Å². The minimum absolute atomic E-state index is 0.333. The average Bonchev–Trinajstić information content (AvgIpc) is 2.32. The van der Waals surface area contributed by atoms with E-state index in [2.05, 4.69) is 31.1 Å². The molecule has 0 aromatic heterocycles. The Bertz CT molecular complexity index is 357. The summed E-state index contributed by atoms with van der Waals surface area (Å²) in [6.45, 7) is 13.2. The van der Waals surface area contributed by atoms with Gasteiger partial charge in [-0.3, -0.25) is 0 Å². The summed E-state index contributed by atoms with van der Waals surface area (Å²) in [6.07, 6.45) is 2.55. The molecule has 18 heavy (non-hydrogen) atoms. The van der Waals surface area contributed by atoms with Crippen LogP contribution in [0.25, 0.3) is 0 Å². The van der Waals surface area contributed by atoms with E-state index < -0.39 is 0 Å². The Morgan fingerprint density at radius 3 is 2.22 bits per heavy atom. The van der Waals surface area contributed by atoms with Crippen LogP contribution >= 0.6 is 0 Å². The number of allylic oxidation sites excluding steroid dienone is 2. The zero-order valence-electron chi connectivity index (χ0n) is 11.8. The Labute approximate surface area is 110 Å². The van der Waals surface area contributed by atoms with E-state index in [-0.39, 0.29) is 0 Å². The number of rotatable bonds is 7. The summed E-state index contributed by atoms with van der Waals surface area (Å²) in [5.74, 6) is 1.89. The van der Waals surface area contributed by atoms with Crippen molar-refractivity contribution in [2.24, 2.45) is 5.92 Å². The maximum absolute atomic E-state index is 5.64. The summed E-state index contributed by atoms with van der Waals surface area (Å²) in [6, 6.07) is 0. The van der Waals surface area contributed by atoms with E-state index in [1.807, 2.05) is 19.9 Å². The lowest BCUT2D eigenvalue weighted by Gasteiger charge is -2.29. The van der Waals surface area contributed by atoms with Crippen LogP contribution in [0.5, 0.6) is 0 Å². The van der Waals surface area contributed by atoms with Crippen molar-refractivity contribution < 1.29 is 9.47 Å². The third-order valence-corrected chi connectivity index (χ3v) is 2.53. The third-order valence-electron chi connectivity index (χ3n) is 2.53. The van der Waals surface area contributed by atoms with Gasteiger partial charge in [0.05, 0.1) is 24.6 Å². The zero-order valence-corrected chi connectivity index (χ0v) is 11.8. The van der Waals surface area contributed by atoms with Gasteiger partial charge >= 0.3 is 0 Å². The molecule has 0 fully saturated rings. The molecule has 1 heterocycles. The second kappa shape index (κ2) is 6.99. The van der Waals surface area contributed by atoms with Crippen molar-refractivity contribution in [3.8, 4) is 0 Å². The fourth-order valence-electron chi connectivity index (χ4n) is 1.74. The number of hydrogen-bond donors (Lipinski definition) is 2. The summed E-state index contributed by atoms with van der Waals surface area (Å²) in [7, 11) is 0. The predicted molar refractivity (Wildman–Crippen MR) is 73.2 cm³/mol. The van der Waals surface area contributed by atoms with Gasteiger partial charge in [0.15, 0.2) is 0 Å². The van der Waals surface area contributed by atoms with Crippen LogP contribution in [0.2, 0.25) is 0 Å². The second-order valence-corrected chi connectivity index (χ2v) is 4.31. The fraction of sp³-hybridized carbons (Fsp3) is 0.571. The highest BCUT2D eigenvalue weighted by Gasteiger charge is 2.23. The summed E-state index contributed by atoms with van der Waals surface area (Å²) >= 11 is 0. The second-order valence-electron chi connectivity index (χ2n) is 4.31. The lowest BCUT2D eigenvalue weighted by atomic mass is 10.1. The molecule has 0 saturated heterocycles. The fourth-order valence-corrected chi connectivity index (χ4v) is 1.74. The van der Waals surface area contributed by atoms with Crippen molar-refractivity contribution in [2.75, 3.05) is 13.2 Å². The number of hydrogen-bond acceptors (Lipinski definition) is 4. The highest BCUT2D eigenvalue weighted by Crippen LogP contribution is 2.22. The van der Waals surface area contributed by atoms with Crippen molar-refractivity contribution in [1.29, 1.82) is 0 Å². The van der Waals surface area contributed by atoms with Crippen LogP contribution in [0.3, 0.4) is 0 Å². The van der Waals surface area contributed by atoms with Gasteiger partial charge in [0.25, 0.3) is 0 Å². The molecule has 0 atom stereocenters. The van der Waals surface area contributed by atoms with Gasteiger partial charge in [-0.05, 0) is 19.8 Å². The standard InChI is InChI=1S/C14H24N2O2/c1-6-9-11-13(17-7-2)16-12(10(4)5)14(15-11)18-8-3/h6,10,15-16H,1,7-9H2,2-5H3. The molecule has 0 aromatic carbocycles. The van der Waals surface area contributed by atoms with Gasteiger partial charge in [0.2, 0.25) is 11.8 Å². The van der Waals surface area contributed by atoms with Gasteiger partial charge in [-0.25, -0.2) is 0 Å². The third kappa shape index (κ3) is 3.45. The Morgan fingerprint density at radius 1 is 1.11 bits per heavy atom. The van der Waals surface area contributed by atoms with E-state index in [1.165, 1.54) is 0 Å². The van der Waals surface area contributed by atoms with Crippen molar-refractivity contribution >= 4 is 0 Å². The molecule has 4 heteroatoms. The highest BCUT2D eigenvalue weighted by atomic mass is 16.5. The van der Waals surface area contributed by atoms with Gasteiger partial charge < -0.3 is 20.1 Å². The Morgan fingerprint density at radius 2 is 1.72 bits per heavy atom. The van der Waals surface area contributed by atoms with Gasteiger partial charge in [-0.15, -0.1) is 6.58 Å². The van der Waals surface area contributed by atoms with Crippen LogP contribution in [0.4, 0.5) is 0 Å². The molecule has 102 valence electrons. The van der Waals surface area contributed by atoms with E-state index in [0.29, 0.717) is 25.6 Å². The number of ether oxygens (including phenoxy) is 2. The first kappa shape index (κ1) is 14.5. The summed E-state index contributed by atoms with van der Waals surface area (Å²) in [4.78, 5) is 0. The average molecular weight is 252 g/mol. The van der Waals surface area contributed by atoms with Crippen molar-refractivity contribution in [1.82, 2.24) is 10.6 Å². The molecule has 1 aliphatic rings. The first-order valence-corrected chi connectivity index (χ1v) is 6.51. The van der Waals surface area contributed by atoms with Gasteiger partial charge in [-0.1, -0.05) is 19.9 Å². The normalized spacial score (nSPS) is 15.4. The molecule has 2 N–H and O–H groups in total. The van der Waals surface area contributed by atoms with E-state index >= 15 is 0 Å². The molecule has 1 rings (SSSR count). The van der Waals surface area contributed by atoms with Crippen molar-refractivity contribution in [2.45, 2.75) is 34.1 Å². The largest absolute Gasteiger partial charge is 0.478 e. The summed E-state index contributed by atoms with van der Waals surface area (Å²) in [5, 5.41) is 6.63. The Kier molecular flexibility index (Phi) is 5.62. The van der Waals surface area contributed by atoms with E-state index in [4.69, 9.17) is 9.47 Å². The maximum atomic E-state index is 5.64. The van der Waals surface area contributed by atoms with E-state index in [0.717, 1.165) is 23.2 Å². The molecular formula is C14H24N2O2. The minimum atomic E-state index is 0.333. The first-order chi connectivity index (χ1) is 8.63. The molecular weight excluding hydrogens is 228 g/mol. The van der Waals surface area contributed by atoms with Crippen LogP contribution in [0.15, 0.2) is 35.8 Å². The smallest absolute Gasteiger partial charge is 0.211 e. The molecule has 4 nitrogen and oxygen atoms in total. The number of nitrogens with one attached hydrogen (secondary N) is 2. The molecule has 1 aliphatic heterocycles. The van der Waals surface area contributed by atoms with E-state index in [9.17, 15) is 0 Å². The molecule has 0 bridgehead atoms. The lowest BCUT2D eigenvalue weighted by molar-refractivity contribution is 0.168. The highest BCUT2D eigenvalue weighted by molar-refractivity contribution is 5.26. The van der Waals surface area contributed by atoms with Crippen LogP contribution in [-0.4, -0.2) is 13.2 Å². The van der Waals surface area contributed by atoms with Gasteiger partial charge in [0, 0.05) is 6.42 Å². The summed E-state index contributed by atoms with van der Waals surface area (Å²) in [5.41, 5.74) is 1.98. The lowest BCUT2D eigenvalue weighted by Crippen LogP contribution is -2.35. The summed E-state index contributed by atoms with van der Waals surface area (Å²) < 4.78 is 11.3.